The fourth-order valence-electron chi connectivity index (χ4n) is 2.70. The maximum atomic E-state index is 12.1. The van der Waals surface area contributed by atoms with Crippen LogP contribution in [-0.2, 0) is 9.53 Å². The van der Waals surface area contributed by atoms with Crippen LogP contribution < -0.4 is 11.1 Å². The molecule has 0 radical (unpaired) electrons. The van der Waals surface area contributed by atoms with Crippen LogP contribution in [0.4, 0.5) is 0 Å². The molecule has 112 valence electrons. The Balaban J connectivity index is 2.55. The SMILES string of the molecule is CCC(C)[C@H](N)C(=O)NC1CCOC(CC)(CC)C1. The van der Waals surface area contributed by atoms with Crippen molar-refractivity contribution in [3.63, 3.8) is 0 Å². The van der Waals surface area contributed by atoms with Crippen molar-refractivity contribution in [3.05, 3.63) is 0 Å². The van der Waals surface area contributed by atoms with E-state index < -0.39 is 6.04 Å². The first kappa shape index (κ1) is 16.4. The Morgan fingerprint density at radius 2 is 2.05 bits per heavy atom. The molecule has 0 aromatic rings. The van der Waals surface area contributed by atoms with Gasteiger partial charge in [-0.2, -0.15) is 0 Å². The molecule has 2 unspecified atom stereocenters. The molecule has 4 heteroatoms. The quantitative estimate of drug-likeness (QED) is 0.778. The summed E-state index contributed by atoms with van der Waals surface area (Å²) in [6.07, 6.45) is 4.70. The lowest BCUT2D eigenvalue weighted by Crippen LogP contribution is -2.53. The van der Waals surface area contributed by atoms with E-state index in [1.807, 2.05) is 6.92 Å². The molecule has 3 N–H and O–H groups in total. The topological polar surface area (TPSA) is 64.4 Å². The highest BCUT2D eigenvalue weighted by molar-refractivity contribution is 5.82. The Morgan fingerprint density at radius 3 is 2.58 bits per heavy atom. The van der Waals surface area contributed by atoms with Crippen molar-refractivity contribution in [1.82, 2.24) is 5.32 Å². The van der Waals surface area contributed by atoms with E-state index in [0.717, 1.165) is 38.7 Å². The number of rotatable bonds is 6. The number of nitrogens with two attached hydrogens (primary N) is 1. The van der Waals surface area contributed by atoms with E-state index in [4.69, 9.17) is 10.5 Å². The molecule has 1 aliphatic rings. The number of ether oxygens (including phenoxy) is 1. The minimum absolute atomic E-state index is 0.0117. The van der Waals surface area contributed by atoms with Crippen LogP contribution in [0.3, 0.4) is 0 Å². The van der Waals surface area contributed by atoms with Gasteiger partial charge in [0.15, 0.2) is 0 Å². The van der Waals surface area contributed by atoms with Crippen LogP contribution in [0.25, 0.3) is 0 Å². The van der Waals surface area contributed by atoms with Crippen LogP contribution in [0.2, 0.25) is 0 Å². The Bertz CT molecular complexity index is 290. The molecule has 0 bridgehead atoms. The third-order valence-corrected chi connectivity index (χ3v) is 4.69. The van der Waals surface area contributed by atoms with E-state index in [2.05, 4.69) is 26.1 Å². The first-order valence-corrected chi connectivity index (χ1v) is 7.68. The molecule has 19 heavy (non-hydrogen) atoms. The maximum Gasteiger partial charge on any atom is 0.237 e. The summed E-state index contributed by atoms with van der Waals surface area (Å²) >= 11 is 0. The summed E-state index contributed by atoms with van der Waals surface area (Å²) in [5.74, 6) is 0.212. The lowest BCUT2D eigenvalue weighted by Gasteiger charge is -2.40. The number of amides is 1. The number of hydrogen-bond donors (Lipinski definition) is 2. The minimum Gasteiger partial charge on any atom is -0.375 e. The van der Waals surface area contributed by atoms with E-state index >= 15 is 0 Å². The molecule has 1 fully saturated rings. The van der Waals surface area contributed by atoms with Gasteiger partial charge in [0.2, 0.25) is 5.91 Å². The largest absolute Gasteiger partial charge is 0.375 e. The molecule has 0 aromatic carbocycles. The summed E-state index contributed by atoms with van der Waals surface area (Å²) in [5, 5.41) is 3.11. The molecular weight excluding hydrogens is 240 g/mol. The standard InChI is InChI=1S/C15H30N2O2/c1-5-11(4)13(16)14(18)17-12-8-9-19-15(6-2,7-3)10-12/h11-13H,5-10,16H2,1-4H3,(H,17,18)/t11?,12?,13-/m0/s1. The van der Waals surface area contributed by atoms with Gasteiger partial charge in [-0.1, -0.05) is 34.1 Å². The van der Waals surface area contributed by atoms with Crippen LogP contribution in [-0.4, -0.2) is 30.2 Å². The molecule has 0 aliphatic carbocycles. The summed E-state index contributed by atoms with van der Waals surface area (Å²) in [6.45, 7) is 9.12. The maximum absolute atomic E-state index is 12.1. The molecule has 1 rings (SSSR count). The minimum atomic E-state index is -0.398. The van der Waals surface area contributed by atoms with Gasteiger partial charge in [0, 0.05) is 12.6 Å². The second-order valence-electron chi connectivity index (χ2n) is 5.85. The van der Waals surface area contributed by atoms with Gasteiger partial charge in [-0.15, -0.1) is 0 Å². The zero-order valence-electron chi connectivity index (χ0n) is 12.9. The number of hydrogen-bond acceptors (Lipinski definition) is 3. The monoisotopic (exact) mass is 270 g/mol. The molecule has 0 saturated carbocycles. The predicted octanol–water partition coefficient (Wildman–Crippen LogP) is 2.21. The van der Waals surface area contributed by atoms with Gasteiger partial charge in [-0.3, -0.25) is 4.79 Å². The van der Waals surface area contributed by atoms with Crippen molar-refractivity contribution in [1.29, 1.82) is 0 Å². The summed E-state index contributed by atoms with van der Waals surface area (Å²) in [7, 11) is 0. The average Bonchev–Trinajstić information content (AvgIpc) is 2.45. The highest BCUT2D eigenvalue weighted by Gasteiger charge is 2.35. The summed E-state index contributed by atoms with van der Waals surface area (Å²) < 4.78 is 5.92. The van der Waals surface area contributed by atoms with Gasteiger partial charge in [0.25, 0.3) is 0 Å². The van der Waals surface area contributed by atoms with Crippen molar-refractivity contribution in [2.24, 2.45) is 11.7 Å². The summed E-state index contributed by atoms with van der Waals surface area (Å²) in [4.78, 5) is 12.1. The van der Waals surface area contributed by atoms with Crippen LogP contribution in [0, 0.1) is 5.92 Å². The summed E-state index contributed by atoms with van der Waals surface area (Å²) in [5.41, 5.74) is 5.92. The smallest absolute Gasteiger partial charge is 0.237 e. The molecule has 1 heterocycles. The molecule has 1 aliphatic heterocycles. The Labute approximate surface area is 117 Å². The van der Waals surface area contributed by atoms with Gasteiger partial charge < -0.3 is 15.8 Å². The fraction of sp³-hybridized carbons (Fsp3) is 0.933. The predicted molar refractivity (Wildman–Crippen MR) is 77.9 cm³/mol. The van der Waals surface area contributed by atoms with Gasteiger partial charge in [-0.25, -0.2) is 0 Å². The zero-order chi connectivity index (χ0) is 14.5. The van der Waals surface area contributed by atoms with Crippen molar-refractivity contribution < 1.29 is 9.53 Å². The van der Waals surface area contributed by atoms with Crippen molar-refractivity contribution in [2.45, 2.75) is 77.5 Å². The third-order valence-electron chi connectivity index (χ3n) is 4.69. The molecule has 0 aromatic heterocycles. The highest BCUT2D eigenvalue weighted by Crippen LogP contribution is 2.31. The molecular formula is C15H30N2O2. The van der Waals surface area contributed by atoms with E-state index in [0.29, 0.717) is 0 Å². The van der Waals surface area contributed by atoms with Crippen molar-refractivity contribution >= 4 is 5.91 Å². The lowest BCUT2D eigenvalue weighted by molar-refractivity contribution is -0.128. The normalized spacial score (nSPS) is 25.6. The Morgan fingerprint density at radius 1 is 1.42 bits per heavy atom. The highest BCUT2D eigenvalue weighted by atomic mass is 16.5. The van der Waals surface area contributed by atoms with E-state index in [1.54, 1.807) is 0 Å². The van der Waals surface area contributed by atoms with Crippen LogP contribution in [0.5, 0.6) is 0 Å². The van der Waals surface area contributed by atoms with Crippen LogP contribution >= 0.6 is 0 Å². The third kappa shape index (κ3) is 4.18. The van der Waals surface area contributed by atoms with Gasteiger partial charge in [-0.05, 0) is 31.6 Å². The zero-order valence-corrected chi connectivity index (χ0v) is 12.9. The Hall–Kier alpha value is -0.610. The number of carbonyl (C=O) groups excluding carboxylic acids is 1. The fourth-order valence-corrected chi connectivity index (χ4v) is 2.70. The average molecular weight is 270 g/mol. The van der Waals surface area contributed by atoms with Gasteiger partial charge in [0.1, 0.15) is 0 Å². The van der Waals surface area contributed by atoms with Crippen molar-refractivity contribution in [3.8, 4) is 0 Å². The molecule has 4 nitrogen and oxygen atoms in total. The lowest BCUT2D eigenvalue weighted by atomic mass is 9.85. The first-order chi connectivity index (χ1) is 8.98. The first-order valence-electron chi connectivity index (χ1n) is 7.68. The van der Waals surface area contributed by atoms with E-state index in [1.165, 1.54) is 0 Å². The molecule has 1 saturated heterocycles. The molecule has 1 amide bonds. The number of nitrogens with one attached hydrogen (secondary N) is 1. The Kier molecular flexibility index (Phi) is 6.27. The van der Waals surface area contributed by atoms with Gasteiger partial charge >= 0.3 is 0 Å². The van der Waals surface area contributed by atoms with E-state index in [9.17, 15) is 4.79 Å². The number of carbonyl (C=O) groups is 1. The molecule has 3 atom stereocenters. The van der Waals surface area contributed by atoms with Crippen molar-refractivity contribution in [2.75, 3.05) is 6.61 Å². The van der Waals surface area contributed by atoms with E-state index in [-0.39, 0.29) is 23.5 Å². The second-order valence-corrected chi connectivity index (χ2v) is 5.85. The van der Waals surface area contributed by atoms with Crippen LogP contribution in [0.1, 0.15) is 59.8 Å². The van der Waals surface area contributed by atoms with Gasteiger partial charge in [0.05, 0.1) is 11.6 Å². The van der Waals surface area contributed by atoms with Crippen LogP contribution in [0.15, 0.2) is 0 Å². The molecule has 0 spiro atoms. The summed E-state index contributed by atoms with van der Waals surface area (Å²) in [6, 6.07) is -0.193. The second kappa shape index (κ2) is 7.25.